The molecule has 1 atom stereocenters. The molecule has 0 spiro atoms. The van der Waals surface area contributed by atoms with Gasteiger partial charge in [0.15, 0.2) is 0 Å². The SMILES string of the molecule is CC(C)C(CN)NC(=O)CC1CCCC1. The molecule has 1 fully saturated rings. The van der Waals surface area contributed by atoms with Gasteiger partial charge in [-0.3, -0.25) is 4.79 Å². The Morgan fingerprint density at radius 1 is 1.40 bits per heavy atom. The van der Waals surface area contributed by atoms with E-state index < -0.39 is 0 Å². The molecule has 0 radical (unpaired) electrons. The van der Waals surface area contributed by atoms with Crippen LogP contribution in [0, 0.1) is 11.8 Å². The smallest absolute Gasteiger partial charge is 0.220 e. The lowest BCUT2D eigenvalue weighted by Gasteiger charge is -2.21. The molecule has 0 aromatic rings. The van der Waals surface area contributed by atoms with E-state index in [-0.39, 0.29) is 11.9 Å². The number of nitrogens with one attached hydrogen (secondary N) is 1. The van der Waals surface area contributed by atoms with E-state index in [2.05, 4.69) is 19.2 Å². The molecular formula is C12H24N2O. The van der Waals surface area contributed by atoms with E-state index in [4.69, 9.17) is 5.73 Å². The Hall–Kier alpha value is -0.570. The van der Waals surface area contributed by atoms with Gasteiger partial charge in [-0.15, -0.1) is 0 Å². The second kappa shape index (κ2) is 6.11. The molecule has 3 N–H and O–H groups in total. The zero-order chi connectivity index (χ0) is 11.3. The highest BCUT2D eigenvalue weighted by atomic mass is 16.1. The van der Waals surface area contributed by atoms with Crippen molar-refractivity contribution in [3.63, 3.8) is 0 Å². The maximum absolute atomic E-state index is 11.7. The van der Waals surface area contributed by atoms with Gasteiger partial charge in [-0.25, -0.2) is 0 Å². The second-order valence-corrected chi connectivity index (χ2v) is 5.01. The van der Waals surface area contributed by atoms with E-state index in [0.29, 0.717) is 24.8 Å². The molecule has 88 valence electrons. The predicted octanol–water partition coefficient (Wildman–Crippen LogP) is 1.67. The van der Waals surface area contributed by atoms with Crippen LogP contribution in [0.15, 0.2) is 0 Å². The van der Waals surface area contributed by atoms with Gasteiger partial charge < -0.3 is 11.1 Å². The Morgan fingerprint density at radius 2 is 2.00 bits per heavy atom. The van der Waals surface area contributed by atoms with E-state index in [1.54, 1.807) is 0 Å². The van der Waals surface area contributed by atoms with Crippen molar-refractivity contribution in [2.75, 3.05) is 6.54 Å². The van der Waals surface area contributed by atoms with Gasteiger partial charge in [0, 0.05) is 19.0 Å². The Balaban J connectivity index is 2.27. The number of hydrogen-bond acceptors (Lipinski definition) is 2. The van der Waals surface area contributed by atoms with Crippen LogP contribution in [-0.2, 0) is 4.79 Å². The van der Waals surface area contributed by atoms with Crippen molar-refractivity contribution in [2.45, 2.75) is 52.0 Å². The quantitative estimate of drug-likeness (QED) is 0.728. The Kier molecular flexibility index (Phi) is 5.09. The number of hydrogen-bond donors (Lipinski definition) is 2. The molecule has 3 heteroatoms. The van der Waals surface area contributed by atoms with Crippen molar-refractivity contribution in [1.82, 2.24) is 5.32 Å². The molecule has 0 heterocycles. The fourth-order valence-corrected chi connectivity index (χ4v) is 2.24. The summed E-state index contributed by atoms with van der Waals surface area (Å²) in [6.07, 6.45) is 5.74. The van der Waals surface area contributed by atoms with Crippen molar-refractivity contribution in [1.29, 1.82) is 0 Å². The summed E-state index contributed by atoms with van der Waals surface area (Å²) >= 11 is 0. The summed E-state index contributed by atoms with van der Waals surface area (Å²) in [6.45, 7) is 4.72. The van der Waals surface area contributed by atoms with Crippen molar-refractivity contribution < 1.29 is 4.79 Å². The summed E-state index contributed by atoms with van der Waals surface area (Å²) in [5.74, 6) is 1.23. The molecule has 1 unspecified atom stereocenters. The average Bonchev–Trinajstić information content (AvgIpc) is 2.66. The summed E-state index contributed by atoms with van der Waals surface area (Å²) < 4.78 is 0. The fraction of sp³-hybridized carbons (Fsp3) is 0.917. The highest BCUT2D eigenvalue weighted by Gasteiger charge is 2.20. The Bertz CT molecular complexity index is 198. The lowest BCUT2D eigenvalue weighted by molar-refractivity contribution is -0.122. The maximum atomic E-state index is 11.7. The standard InChI is InChI=1S/C12H24N2O/c1-9(2)11(8-13)14-12(15)7-10-5-3-4-6-10/h9-11H,3-8,13H2,1-2H3,(H,14,15). The average molecular weight is 212 g/mol. The second-order valence-electron chi connectivity index (χ2n) is 5.01. The molecule has 0 saturated heterocycles. The number of amides is 1. The predicted molar refractivity (Wildman–Crippen MR) is 62.4 cm³/mol. The molecule has 3 nitrogen and oxygen atoms in total. The zero-order valence-corrected chi connectivity index (χ0v) is 9.96. The highest BCUT2D eigenvalue weighted by molar-refractivity contribution is 5.76. The lowest BCUT2D eigenvalue weighted by atomic mass is 10.0. The van der Waals surface area contributed by atoms with Crippen LogP contribution in [0.1, 0.15) is 46.0 Å². The van der Waals surface area contributed by atoms with E-state index in [0.717, 1.165) is 0 Å². The van der Waals surface area contributed by atoms with E-state index in [9.17, 15) is 4.79 Å². The Labute approximate surface area is 92.8 Å². The molecule has 0 bridgehead atoms. The molecule has 0 aromatic carbocycles. The zero-order valence-electron chi connectivity index (χ0n) is 9.96. The van der Waals surface area contributed by atoms with E-state index >= 15 is 0 Å². The molecule has 1 aliphatic rings. The molecule has 1 rings (SSSR count). The van der Waals surface area contributed by atoms with Crippen LogP contribution in [0.2, 0.25) is 0 Å². The van der Waals surface area contributed by atoms with Gasteiger partial charge in [-0.2, -0.15) is 0 Å². The van der Waals surface area contributed by atoms with Gasteiger partial charge in [-0.05, 0) is 24.7 Å². The van der Waals surface area contributed by atoms with Gasteiger partial charge in [0.25, 0.3) is 0 Å². The van der Waals surface area contributed by atoms with Gasteiger partial charge in [0.1, 0.15) is 0 Å². The fourth-order valence-electron chi connectivity index (χ4n) is 2.24. The molecule has 0 aliphatic heterocycles. The minimum atomic E-state index is 0.138. The maximum Gasteiger partial charge on any atom is 0.220 e. The summed E-state index contributed by atoms with van der Waals surface area (Å²) in [5.41, 5.74) is 5.62. The van der Waals surface area contributed by atoms with Crippen LogP contribution in [0.5, 0.6) is 0 Å². The molecule has 0 aromatic heterocycles. The first-order valence-electron chi connectivity index (χ1n) is 6.13. The summed E-state index contributed by atoms with van der Waals surface area (Å²) in [6, 6.07) is 0.138. The normalized spacial score (nSPS) is 19.5. The first kappa shape index (κ1) is 12.5. The monoisotopic (exact) mass is 212 g/mol. The van der Waals surface area contributed by atoms with Gasteiger partial charge in [0.05, 0.1) is 0 Å². The highest BCUT2D eigenvalue weighted by Crippen LogP contribution is 2.27. The van der Waals surface area contributed by atoms with E-state index in [1.807, 2.05) is 0 Å². The molecule has 15 heavy (non-hydrogen) atoms. The van der Waals surface area contributed by atoms with Gasteiger partial charge in [0.2, 0.25) is 5.91 Å². The van der Waals surface area contributed by atoms with Crippen LogP contribution in [0.3, 0.4) is 0 Å². The summed E-state index contributed by atoms with van der Waals surface area (Å²) in [7, 11) is 0. The third kappa shape index (κ3) is 4.20. The topological polar surface area (TPSA) is 55.1 Å². The molecule has 1 saturated carbocycles. The van der Waals surface area contributed by atoms with E-state index in [1.165, 1.54) is 25.7 Å². The third-order valence-electron chi connectivity index (χ3n) is 3.35. The first-order valence-corrected chi connectivity index (χ1v) is 6.13. The minimum absolute atomic E-state index is 0.138. The van der Waals surface area contributed by atoms with Crippen molar-refractivity contribution in [3.05, 3.63) is 0 Å². The number of nitrogens with two attached hydrogens (primary N) is 1. The molecule has 1 amide bonds. The van der Waals surface area contributed by atoms with Crippen LogP contribution in [-0.4, -0.2) is 18.5 Å². The number of carbonyl (C=O) groups is 1. The van der Waals surface area contributed by atoms with Crippen molar-refractivity contribution in [2.24, 2.45) is 17.6 Å². The van der Waals surface area contributed by atoms with Gasteiger partial charge >= 0.3 is 0 Å². The number of carbonyl (C=O) groups excluding carboxylic acids is 1. The number of rotatable bonds is 5. The van der Waals surface area contributed by atoms with Crippen molar-refractivity contribution in [3.8, 4) is 0 Å². The lowest BCUT2D eigenvalue weighted by Crippen LogP contribution is -2.44. The van der Waals surface area contributed by atoms with Crippen LogP contribution < -0.4 is 11.1 Å². The Morgan fingerprint density at radius 3 is 2.47 bits per heavy atom. The molecular weight excluding hydrogens is 188 g/mol. The van der Waals surface area contributed by atoms with Crippen LogP contribution >= 0.6 is 0 Å². The minimum Gasteiger partial charge on any atom is -0.352 e. The molecule has 1 aliphatic carbocycles. The van der Waals surface area contributed by atoms with Crippen LogP contribution in [0.4, 0.5) is 0 Å². The first-order chi connectivity index (χ1) is 7.13. The van der Waals surface area contributed by atoms with Crippen molar-refractivity contribution >= 4 is 5.91 Å². The van der Waals surface area contributed by atoms with Gasteiger partial charge in [-0.1, -0.05) is 26.7 Å². The summed E-state index contributed by atoms with van der Waals surface area (Å²) in [4.78, 5) is 11.7. The summed E-state index contributed by atoms with van der Waals surface area (Å²) in [5, 5.41) is 3.03. The largest absolute Gasteiger partial charge is 0.352 e. The van der Waals surface area contributed by atoms with Crippen LogP contribution in [0.25, 0.3) is 0 Å². The third-order valence-corrected chi connectivity index (χ3v) is 3.35.